The van der Waals surface area contributed by atoms with Crippen LogP contribution in [0.5, 0.6) is 0 Å². The number of hydrogen-bond acceptors (Lipinski definition) is 7. The standard InChI is InChI=1S/C19H20ClFN4O4/c1-8-5-9(3-4-10(8)20)19(2,28)15-13(26)14(27)18(29-15)25-6-11(21)12-16(22)23-7-24-17(12)25/h3-7,13-15,18,26-28H,1-2H3,(H2,22,23,24)/t13-,14+,15-,18+,19?/m0/s1. The van der Waals surface area contributed by atoms with E-state index in [2.05, 4.69) is 9.97 Å². The largest absolute Gasteiger partial charge is 0.387 e. The van der Waals surface area contributed by atoms with Gasteiger partial charge in [0.15, 0.2) is 17.7 Å². The first kappa shape index (κ1) is 20.0. The summed E-state index contributed by atoms with van der Waals surface area (Å²) < 4.78 is 21.5. The fraction of sp³-hybridized carbons (Fsp3) is 0.368. The number of rotatable bonds is 3. The predicted molar refractivity (Wildman–Crippen MR) is 104 cm³/mol. The Morgan fingerprint density at radius 3 is 2.69 bits per heavy atom. The van der Waals surface area contributed by atoms with E-state index in [0.717, 1.165) is 18.1 Å². The molecule has 3 heterocycles. The van der Waals surface area contributed by atoms with E-state index in [0.29, 0.717) is 10.6 Å². The number of nitrogen functional groups attached to an aromatic ring is 1. The van der Waals surface area contributed by atoms with Gasteiger partial charge in [0.05, 0.1) is 5.39 Å². The molecule has 0 spiro atoms. The minimum Gasteiger partial charge on any atom is -0.387 e. The predicted octanol–water partition coefficient (Wildman–Crippen LogP) is 1.64. The summed E-state index contributed by atoms with van der Waals surface area (Å²) in [6.07, 6.45) is -3.08. The number of ether oxygens (including phenoxy) is 1. The van der Waals surface area contributed by atoms with Crippen LogP contribution in [0.1, 0.15) is 24.3 Å². The van der Waals surface area contributed by atoms with Crippen molar-refractivity contribution in [1.29, 1.82) is 0 Å². The van der Waals surface area contributed by atoms with Crippen molar-refractivity contribution in [3.63, 3.8) is 0 Å². The third-order valence-electron chi connectivity index (χ3n) is 5.40. The quantitative estimate of drug-likeness (QED) is 0.505. The van der Waals surface area contributed by atoms with Gasteiger partial charge in [-0.15, -0.1) is 0 Å². The number of aliphatic hydroxyl groups is 3. The summed E-state index contributed by atoms with van der Waals surface area (Å²) in [5.74, 6) is -0.744. The van der Waals surface area contributed by atoms with Gasteiger partial charge in [-0.2, -0.15) is 0 Å². The molecule has 3 aromatic rings. The van der Waals surface area contributed by atoms with Gasteiger partial charge in [0.2, 0.25) is 0 Å². The van der Waals surface area contributed by atoms with Gasteiger partial charge in [0.1, 0.15) is 36.1 Å². The molecule has 1 saturated heterocycles. The van der Waals surface area contributed by atoms with Crippen LogP contribution in [0, 0.1) is 12.7 Å². The van der Waals surface area contributed by atoms with Crippen molar-refractivity contribution < 1.29 is 24.4 Å². The van der Waals surface area contributed by atoms with Crippen LogP contribution in [0.15, 0.2) is 30.7 Å². The van der Waals surface area contributed by atoms with E-state index in [4.69, 9.17) is 22.1 Å². The average Bonchev–Trinajstić information content (AvgIpc) is 3.16. The van der Waals surface area contributed by atoms with Crippen LogP contribution < -0.4 is 5.73 Å². The van der Waals surface area contributed by atoms with E-state index < -0.39 is 36.0 Å². The topological polar surface area (TPSA) is 127 Å². The molecule has 1 aromatic carbocycles. The minimum absolute atomic E-state index is 0.0127. The van der Waals surface area contributed by atoms with Crippen LogP contribution in [-0.4, -0.2) is 48.2 Å². The second-order valence-corrected chi connectivity index (χ2v) is 7.79. The fourth-order valence-electron chi connectivity index (χ4n) is 3.73. The van der Waals surface area contributed by atoms with Crippen molar-refractivity contribution in [2.45, 2.75) is 44.0 Å². The number of aromatic nitrogens is 3. The van der Waals surface area contributed by atoms with Crippen molar-refractivity contribution >= 4 is 28.5 Å². The zero-order chi connectivity index (χ0) is 21.1. The Kier molecular flexibility index (Phi) is 4.75. The van der Waals surface area contributed by atoms with E-state index in [1.165, 1.54) is 11.5 Å². The number of benzene rings is 1. The van der Waals surface area contributed by atoms with Gasteiger partial charge in [-0.3, -0.25) is 0 Å². The summed E-state index contributed by atoms with van der Waals surface area (Å²) in [6, 6.07) is 4.92. The van der Waals surface area contributed by atoms with Crippen LogP contribution in [0.25, 0.3) is 11.0 Å². The first-order valence-electron chi connectivity index (χ1n) is 8.90. The van der Waals surface area contributed by atoms with Crippen LogP contribution in [0.3, 0.4) is 0 Å². The molecule has 154 valence electrons. The van der Waals surface area contributed by atoms with Crippen LogP contribution >= 0.6 is 11.6 Å². The number of nitrogens with two attached hydrogens (primary N) is 1. The van der Waals surface area contributed by atoms with Gasteiger partial charge in [0, 0.05) is 11.2 Å². The summed E-state index contributed by atoms with van der Waals surface area (Å²) in [4.78, 5) is 7.78. The highest BCUT2D eigenvalue weighted by atomic mass is 35.5. The highest BCUT2D eigenvalue weighted by Crippen LogP contribution is 2.41. The van der Waals surface area contributed by atoms with Gasteiger partial charge >= 0.3 is 0 Å². The van der Waals surface area contributed by atoms with E-state index in [9.17, 15) is 19.7 Å². The Labute approximate surface area is 170 Å². The van der Waals surface area contributed by atoms with E-state index in [1.54, 1.807) is 25.1 Å². The molecule has 0 amide bonds. The maximum absolute atomic E-state index is 14.4. The molecule has 1 aliphatic heterocycles. The number of halogens is 2. The van der Waals surface area contributed by atoms with E-state index in [-0.39, 0.29) is 16.9 Å². The van der Waals surface area contributed by atoms with Crippen molar-refractivity contribution in [2.75, 3.05) is 5.73 Å². The van der Waals surface area contributed by atoms with Crippen molar-refractivity contribution in [3.05, 3.63) is 52.7 Å². The summed E-state index contributed by atoms with van der Waals surface area (Å²) >= 11 is 6.05. The molecule has 0 bridgehead atoms. The summed E-state index contributed by atoms with van der Waals surface area (Å²) in [5, 5.41) is 32.9. The monoisotopic (exact) mass is 422 g/mol. The van der Waals surface area contributed by atoms with Crippen molar-refractivity contribution in [2.24, 2.45) is 0 Å². The smallest absolute Gasteiger partial charge is 0.164 e. The summed E-state index contributed by atoms with van der Waals surface area (Å²) in [6.45, 7) is 3.25. The molecule has 5 atom stereocenters. The Morgan fingerprint density at radius 2 is 2.00 bits per heavy atom. The van der Waals surface area contributed by atoms with Gasteiger partial charge in [0.25, 0.3) is 0 Å². The maximum Gasteiger partial charge on any atom is 0.164 e. The summed E-state index contributed by atoms with van der Waals surface area (Å²) in [5.41, 5.74) is 5.35. The minimum atomic E-state index is -1.67. The highest BCUT2D eigenvalue weighted by molar-refractivity contribution is 6.31. The number of hydrogen-bond donors (Lipinski definition) is 4. The zero-order valence-corrected chi connectivity index (χ0v) is 16.4. The molecule has 1 unspecified atom stereocenters. The van der Waals surface area contributed by atoms with Crippen LogP contribution in [-0.2, 0) is 10.3 Å². The Balaban J connectivity index is 1.73. The lowest BCUT2D eigenvalue weighted by molar-refractivity contribution is -0.135. The van der Waals surface area contributed by atoms with E-state index >= 15 is 0 Å². The molecule has 10 heteroatoms. The van der Waals surface area contributed by atoms with Gasteiger partial charge in [-0.05, 0) is 31.0 Å². The molecule has 0 saturated carbocycles. The number of anilines is 1. The molecule has 8 nitrogen and oxygen atoms in total. The first-order valence-corrected chi connectivity index (χ1v) is 9.28. The molecule has 0 radical (unpaired) electrons. The Hall–Kier alpha value is -2.30. The molecule has 1 fully saturated rings. The zero-order valence-electron chi connectivity index (χ0n) is 15.6. The Bertz CT molecular complexity index is 1090. The second kappa shape index (κ2) is 6.89. The van der Waals surface area contributed by atoms with Crippen LogP contribution in [0.4, 0.5) is 10.2 Å². The third kappa shape index (κ3) is 3.06. The number of nitrogens with zero attached hydrogens (tertiary/aromatic N) is 3. The average molecular weight is 423 g/mol. The molecule has 1 aliphatic rings. The fourth-order valence-corrected chi connectivity index (χ4v) is 3.85. The van der Waals surface area contributed by atoms with Crippen molar-refractivity contribution in [3.8, 4) is 0 Å². The highest BCUT2D eigenvalue weighted by Gasteiger charge is 2.52. The Morgan fingerprint density at radius 1 is 1.28 bits per heavy atom. The lowest BCUT2D eigenvalue weighted by Gasteiger charge is -2.32. The first-order chi connectivity index (χ1) is 13.6. The molecule has 29 heavy (non-hydrogen) atoms. The normalized spacial score (nSPS) is 26.7. The molecule has 4 rings (SSSR count). The lowest BCUT2D eigenvalue weighted by Crippen LogP contribution is -2.45. The van der Waals surface area contributed by atoms with Gasteiger partial charge in [-0.1, -0.05) is 23.7 Å². The number of aryl methyl sites for hydroxylation is 1. The van der Waals surface area contributed by atoms with Gasteiger partial charge < -0.3 is 30.4 Å². The SMILES string of the molecule is Cc1cc(C(C)(O)[C@H]2O[C@@H](n3cc(F)c4c(N)ncnc43)[C@H](O)[C@@H]2O)ccc1Cl. The molecular weight excluding hydrogens is 403 g/mol. The van der Waals surface area contributed by atoms with Crippen molar-refractivity contribution in [1.82, 2.24) is 14.5 Å². The lowest BCUT2D eigenvalue weighted by atomic mass is 9.86. The van der Waals surface area contributed by atoms with Crippen LogP contribution in [0.2, 0.25) is 5.02 Å². The molecule has 2 aromatic heterocycles. The number of aliphatic hydroxyl groups excluding tert-OH is 2. The molecule has 5 N–H and O–H groups in total. The van der Waals surface area contributed by atoms with E-state index in [1.807, 2.05) is 0 Å². The molecular formula is C19H20ClFN4O4. The van der Waals surface area contributed by atoms with Gasteiger partial charge in [-0.25, -0.2) is 14.4 Å². The molecule has 0 aliphatic carbocycles. The number of fused-ring (bicyclic) bond motifs is 1. The maximum atomic E-state index is 14.4. The third-order valence-corrected chi connectivity index (χ3v) is 5.83. The summed E-state index contributed by atoms with van der Waals surface area (Å²) in [7, 11) is 0. The second-order valence-electron chi connectivity index (χ2n) is 7.38.